The van der Waals surface area contributed by atoms with Gasteiger partial charge >= 0.3 is 19.8 Å². The lowest BCUT2D eigenvalue weighted by Gasteiger charge is -2.24. The summed E-state index contributed by atoms with van der Waals surface area (Å²) in [5.74, 6) is -0.813. The van der Waals surface area contributed by atoms with E-state index in [9.17, 15) is 19.0 Å². The predicted molar refractivity (Wildman–Crippen MR) is 279 cm³/mol. The summed E-state index contributed by atoms with van der Waals surface area (Å²) in [6.45, 7) is 4.21. The number of hydrogen-bond donors (Lipinski definition) is 1. The minimum absolute atomic E-state index is 0.0302. The standard InChI is InChI=1S/C56H98NO8P/c1-6-8-10-12-13-14-15-16-17-18-19-20-21-22-23-24-25-26-27-28-29-30-31-32-33-34-35-36-37-38-39-40-41-42-43-45-47-49-56(59)65-54(52-62-55(58)48-46-44-11-9-7-2)53-64-66(60,61)63-51-50-57(3,4)5/h8,10,13-14,16-17,19-20,22-23,25-26,28-29,54H,6-7,9,11-12,15,18,21,24,27,30-53H2,1-5H3/p+1/b10-8-,14-13-,17-16-,20-19-,23-22-,26-25-,29-28-. The normalized spacial score (nSPS) is 14.1. The van der Waals surface area contributed by atoms with Gasteiger partial charge in [0.25, 0.3) is 0 Å². The van der Waals surface area contributed by atoms with Gasteiger partial charge in [0, 0.05) is 12.8 Å². The minimum atomic E-state index is -4.37. The van der Waals surface area contributed by atoms with E-state index >= 15 is 0 Å². The Kier molecular flexibility index (Phi) is 45.3. The Labute approximate surface area is 405 Å². The number of nitrogens with zero attached hydrogens (tertiary/aromatic N) is 1. The molecule has 0 rings (SSSR count). The average Bonchev–Trinajstić information content (AvgIpc) is 3.27. The first kappa shape index (κ1) is 63.2. The van der Waals surface area contributed by atoms with E-state index in [1.54, 1.807) is 0 Å². The third kappa shape index (κ3) is 50.6. The third-order valence-corrected chi connectivity index (χ3v) is 11.9. The van der Waals surface area contributed by atoms with Crippen molar-refractivity contribution in [1.29, 1.82) is 0 Å². The van der Waals surface area contributed by atoms with Crippen LogP contribution in [0.5, 0.6) is 0 Å². The molecule has 2 atom stereocenters. The van der Waals surface area contributed by atoms with E-state index in [4.69, 9.17) is 18.5 Å². The Morgan fingerprint density at radius 2 is 0.864 bits per heavy atom. The molecule has 2 unspecified atom stereocenters. The molecule has 0 radical (unpaired) electrons. The zero-order valence-electron chi connectivity index (χ0n) is 42.9. The number of allylic oxidation sites excluding steroid dienone is 14. The van der Waals surface area contributed by atoms with Gasteiger partial charge in [-0.3, -0.25) is 18.6 Å². The molecule has 0 aromatic carbocycles. The van der Waals surface area contributed by atoms with Gasteiger partial charge in [0.2, 0.25) is 0 Å². The van der Waals surface area contributed by atoms with Gasteiger partial charge in [-0.2, -0.15) is 0 Å². The van der Waals surface area contributed by atoms with E-state index < -0.39 is 26.5 Å². The summed E-state index contributed by atoms with van der Waals surface area (Å²) in [4.78, 5) is 35.1. The van der Waals surface area contributed by atoms with Crippen molar-refractivity contribution in [1.82, 2.24) is 0 Å². The van der Waals surface area contributed by atoms with E-state index in [0.29, 0.717) is 17.4 Å². The molecule has 0 heterocycles. The summed E-state index contributed by atoms with van der Waals surface area (Å²) < 4.78 is 34.1. The predicted octanol–water partition coefficient (Wildman–Crippen LogP) is 15.9. The molecule has 380 valence electrons. The largest absolute Gasteiger partial charge is 0.472 e. The molecule has 1 N–H and O–H groups in total. The molecule has 0 aliphatic heterocycles. The highest BCUT2D eigenvalue weighted by molar-refractivity contribution is 7.47. The number of esters is 2. The number of ether oxygens (including phenoxy) is 2. The second-order valence-electron chi connectivity index (χ2n) is 18.5. The molecule has 0 aliphatic carbocycles. The number of quaternary nitrogens is 1. The number of carbonyl (C=O) groups excluding carboxylic acids is 2. The zero-order chi connectivity index (χ0) is 48.5. The van der Waals surface area contributed by atoms with Gasteiger partial charge in [-0.05, 0) is 70.6 Å². The van der Waals surface area contributed by atoms with Crippen molar-refractivity contribution >= 4 is 19.8 Å². The maximum atomic E-state index is 12.7. The number of phosphoric ester groups is 1. The van der Waals surface area contributed by atoms with Gasteiger partial charge in [-0.25, -0.2) is 4.57 Å². The highest BCUT2D eigenvalue weighted by Gasteiger charge is 2.27. The number of phosphoric acid groups is 1. The maximum absolute atomic E-state index is 12.7. The van der Waals surface area contributed by atoms with Crippen LogP contribution in [0.25, 0.3) is 0 Å². The second kappa shape index (κ2) is 47.3. The van der Waals surface area contributed by atoms with Crippen LogP contribution in [0.1, 0.15) is 206 Å². The first-order chi connectivity index (χ1) is 32.0. The van der Waals surface area contributed by atoms with Crippen molar-refractivity contribution in [3.63, 3.8) is 0 Å². The van der Waals surface area contributed by atoms with Crippen molar-refractivity contribution in [2.24, 2.45) is 0 Å². The van der Waals surface area contributed by atoms with Crippen LogP contribution < -0.4 is 0 Å². The van der Waals surface area contributed by atoms with Gasteiger partial charge in [-0.1, -0.05) is 208 Å². The van der Waals surface area contributed by atoms with Gasteiger partial charge in [-0.15, -0.1) is 0 Å². The molecule has 10 heteroatoms. The van der Waals surface area contributed by atoms with Gasteiger partial charge in [0.05, 0.1) is 27.7 Å². The van der Waals surface area contributed by atoms with Crippen LogP contribution >= 0.6 is 7.82 Å². The topological polar surface area (TPSA) is 108 Å². The number of unbranched alkanes of at least 4 members (excludes halogenated alkanes) is 19. The Balaban J connectivity index is 3.88. The number of likely N-dealkylation sites (N-methyl/N-ethyl adjacent to an activating group) is 1. The van der Waals surface area contributed by atoms with Crippen LogP contribution in [0.3, 0.4) is 0 Å². The Bertz CT molecular complexity index is 1390. The fraction of sp³-hybridized carbons (Fsp3) is 0.714. The van der Waals surface area contributed by atoms with E-state index in [1.807, 2.05) is 21.1 Å². The number of rotatable bonds is 47. The van der Waals surface area contributed by atoms with Gasteiger partial charge in [0.1, 0.15) is 19.8 Å². The number of hydrogen-bond acceptors (Lipinski definition) is 7. The van der Waals surface area contributed by atoms with Crippen LogP contribution in [-0.2, 0) is 32.7 Å². The van der Waals surface area contributed by atoms with Gasteiger partial charge < -0.3 is 18.9 Å². The molecule has 0 aliphatic rings. The molecule has 66 heavy (non-hydrogen) atoms. The van der Waals surface area contributed by atoms with E-state index in [1.165, 1.54) is 77.0 Å². The summed E-state index contributed by atoms with van der Waals surface area (Å²) >= 11 is 0. The van der Waals surface area contributed by atoms with Crippen LogP contribution in [0, 0.1) is 0 Å². The summed E-state index contributed by atoms with van der Waals surface area (Å²) in [6.07, 6.45) is 62.8. The van der Waals surface area contributed by atoms with E-state index in [0.717, 1.165) is 96.3 Å². The quantitative estimate of drug-likeness (QED) is 0.0211. The van der Waals surface area contributed by atoms with Crippen LogP contribution in [0.2, 0.25) is 0 Å². The molecule has 0 fully saturated rings. The fourth-order valence-corrected chi connectivity index (χ4v) is 7.62. The smallest absolute Gasteiger partial charge is 0.462 e. The minimum Gasteiger partial charge on any atom is -0.462 e. The number of carbonyl (C=O) groups is 2. The Morgan fingerprint density at radius 3 is 1.29 bits per heavy atom. The highest BCUT2D eigenvalue weighted by atomic mass is 31.2. The molecule has 0 bridgehead atoms. The van der Waals surface area contributed by atoms with Crippen LogP contribution in [0.15, 0.2) is 85.1 Å². The summed E-state index contributed by atoms with van der Waals surface area (Å²) in [6, 6.07) is 0. The molecule has 0 aromatic rings. The maximum Gasteiger partial charge on any atom is 0.472 e. The van der Waals surface area contributed by atoms with Crippen LogP contribution in [0.4, 0.5) is 0 Å². The van der Waals surface area contributed by atoms with E-state index in [2.05, 4.69) is 98.9 Å². The lowest BCUT2D eigenvalue weighted by Crippen LogP contribution is -2.37. The molecule has 0 saturated heterocycles. The third-order valence-electron chi connectivity index (χ3n) is 10.9. The molecule has 9 nitrogen and oxygen atoms in total. The summed E-state index contributed by atoms with van der Waals surface area (Å²) in [7, 11) is 1.47. The molecule has 0 aromatic heterocycles. The molecule has 0 spiro atoms. The van der Waals surface area contributed by atoms with Crippen molar-refractivity contribution in [3.05, 3.63) is 85.1 Å². The van der Waals surface area contributed by atoms with Crippen molar-refractivity contribution < 1.29 is 42.1 Å². The fourth-order valence-electron chi connectivity index (χ4n) is 6.88. The molecular formula is C56H99NO8P+. The van der Waals surface area contributed by atoms with Crippen molar-refractivity contribution in [2.45, 2.75) is 213 Å². The second-order valence-corrected chi connectivity index (χ2v) is 20.0. The Hall–Kier alpha value is -2.81. The zero-order valence-corrected chi connectivity index (χ0v) is 43.8. The average molecular weight is 945 g/mol. The molecular weight excluding hydrogens is 846 g/mol. The highest BCUT2D eigenvalue weighted by Crippen LogP contribution is 2.43. The van der Waals surface area contributed by atoms with E-state index in [-0.39, 0.29) is 32.0 Å². The van der Waals surface area contributed by atoms with Crippen molar-refractivity contribution in [3.8, 4) is 0 Å². The lowest BCUT2D eigenvalue weighted by molar-refractivity contribution is -0.870. The summed E-state index contributed by atoms with van der Waals surface area (Å²) in [5.41, 5.74) is 0. The van der Waals surface area contributed by atoms with Gasteiger partial charge in [0.15, 0.2) is 6.10 Å². The first-order valence-corrected chi connectivity index (χ1v) is 27.8. The lowest BCUT2D eigenvalue weighted by atomic mass is 10.0. The van der Waals surface area contributed by atoms with Crippen molar-refractivity contribution in [2.75, 3.05) is 47.5 Å². The first-order valence-electron chi connectivity index (χ1n) is 26.3. The monoisotopic (exact) mass is 945 g/mol. The Morgan fingerprint density at radius 1 is 0.485 bits per heavy atom. The SMILES string of the molecule is CC/C=C\C/C=C\C/C=C\C/C=C\C/C=C\C/C=C\C/C=C\CCCCCCCCCCCCCCCCCC(=O)OC(COC(=O)CCCCCCC)COP(=O)(O)OCC[N+](C)(C)C. The summed E-state index contributed by atoms with van der Waals surface area (Å²) in [5, 5.41) is 0. The molecule has 0 amide bonds. The van der Waals surface area contributed by atoms with Crippen LogP contribution in [-0.4, -0.2) is 74.9 Å². The molecule has 0 saturated carbocycles.